The molecule has 0 aromatic heterocycles. The van der Waals surface area contributed by atoms with Gasteiger partial charge in [-0.05, 0) is 93.8 Å². The summed E-state index contributed by atoms with van der Waals surface area (Å²) in [6.45, 7) is 11.3. The fourth-order valence-corrected chi connectivity index (χ4v) is 5.13. The van der Waals surface area contributed by atoms with Gasteiger partial charge in [-0.15, -0.1) is 0 Å². The lowest BCUT2D eigenvalue weighted by Gasteiger charge is -2.43. The first-order chi connectivity index (χ1) is 16.0. The Morgan fingerprint density at radius 1 is 0.824 bits per heavy atom. The number of hydrogen-bond donors (Lipinski definition) is 1. The molecule has 0 saturated carbocycles. The van der Waals surface area contributed by atoms with Crippen molar-refractivity contribution in [2.24, 2.45) is 0 Å². The Kier molecular flexibility index (Phi) is 6.07. The molecular formula is C31H32O3. The van der Waals surface area contributed by atoms with Gasteiger partial charge in [0.2, 0.25) is 0 Å². The van der Waals surface area contributed by atoms with Crippen LogP contribution in [-0.4, -0.2) is 17.4 Å². The molecule has 0 saturated heterocycles. The van der Waals surface area contributed by atoms with E-state index in [0.717, 1.165) is 35.8 Å². The van der Waals surface area contributed by atoms with Gasteiger partial charge in [-0.2, -0.15) is 0 Å². The molecule has 4 rings (SSSR count). The van der Waals surface area contributed by atoms with Crippen molar-refractivity contribution in [3.05, 3.63) is 100 Å². The third-order valence-corrected chi connectivity index (χ3v) is 7.27. The summed E-state index contributed by atoms with van der Waals surface area (Å²) in [5.74, 6) is -0.966. The van der Waals surface area contributed by atoms with Crippen LogP contribution in [0.5, 0.6) is 0 Å². The SMILES string of the molecule is Cc1ccc(-c2cc(/C(=C/C=O)c3ccc(C(=O)O)cc3)cc3c2C(C)(C)CCC3(C)C)cc1. The van der Waals surface area contributed by atoms with Crippen LogP contribution in [0.4, 0.5) is 0 Å². The summed E-state index contributed by atoms with van der Waals surface area (Å²) in [5.41, 5.74) is 9.11. The van der Waals surface area contributed by atoms with Crippen LogP contribution in [0.3, 0.4) is 0 Å². The highest BCUT2D eigenvalue weighted by molar-refractivity contribution is 5.93. The van der Waals surface area contributed by atoms with Crippen LogP contribution in [0.1, 0.15) is 78.7 Å². The third-order valence-electron chi connectivity index (χ3n) is 7.27. The van der Waals surface area contributed by atoms with E-state index in [4.69, 9.17) is 0 Å². The molecule has 0 unspecified atom stereocenters. The monoisotopic (exact) mass is 452 g/mol. The number of carboxylic acid groups (broad SMARTS) is 1. The number of aromatic carboxylic acids is 1. The maximum absolute atomic E-state index is 11.7. The van der Waals surface area contributed by atoms with Gasteiger partial charge >= 0.3 is 5.97 Å². The van der Waals surface area contributed by atoms with Crippen molar-refractivity contribution in [2.75, 3.05) is 0 Å². The summed E-state index contributed by atoms with van der Waals surface area (Å²) >= 11 is 0. The lowest BCUT2D eigenvalue weighted by Crippen LogP contribution is -2.34. The standard InChI is InChI=1S/C31H32O3/c1-20-6-8-22(9-7-20)26-18-24(19-27-28(26)31(4,5)16-15-30(27,2)3)25(14-17-32)21-10-12-23(13-11-21)29(33)34/h6-14,17-19H,15-16H2,1-5H3,(H,33,34)/b25-14+. The largest absolute Gasteiger partial charge is 0.478 e. The zero-order valence-electron chi connectivity index (χ0n) is 20.6. The third kappa shape index (κ3) is 4.35. The lowest BCUT2D eigenvalue weighted by molar-refractivity contribution is -0.104. The topological polar surface area (TPSA) is 54.4 Å². The summed E-state index contributed by atoms with van der Waals surface area (Å²) in [5, 5.41) is 9.28. The van der Waals surface area contributed by atoms with Crippen molar-refractivity contribution in [1.82, 2.24) is 0 Å². The van der Waals surface area contributed by atoms with Crippen molar-refractivity contribution in [3.63, 3.8) is 0 Å². The number of carboxylic acids is 1. The Bertz CT molecular complexity index is 1270. The average molecular weight is 453 g/mol. The van der Waals surface area contributed by atoms with E-state index in [0.29, 0.717) is 0 Å². The molecule has 1 N–H and O–H groups in total. The Labute approximate surface area is 202 Å². The molecule has 0 bridgehead atoms. The van der Waals surface area contributed by atoms with E-state index in [1.807, 2.05) is 0 Å². The Hall–Kier alpha value is -3.46. The normalized spacial score (nSPS) is 16.6. The highest BCUT2D eigenvalue weighted by Gasteiger charge is 2.39. The van der Waals surface area contributed by atoms with E-state index in [9.17, 15) is 14.7 Å². The molecule has 0 heterocycles. The minimum atomic E-state index is -0.966. The van der Waals surface area contributed by atoms with Crippen LogP contribution in [0.15, 0.2) is 66.7 Å². The molecule has 1 aliphatic carbocycles. The van der Waals surface area contributed by atoms with Crippen molar-refractivity contribution in [1.29, 1.82) is 0 Å². The first kappa shape index (κ1) is 23.7. The molecule has 0 fully saturated rings. The van der Waals surface area contributed by atoms with Crippen LogP contribution < -0.4 is 0 Å². The predicted octanol–water partition coefficient (Wildman–Crippen LogP) is 7.34. The van der Waals surface area contributed by atoms with Crippen molar-refractivity contribution >= 4 is 17.8 Å². The molecule has 3 heteroatoms. The molecule has 0 spiro atoms. The lowest BCUT2D eigenvalue weighted by atomic mass is 9.61. The van der Waals surface area contributed by atoms with E-state index < -0.39 is 5.97 Å². The molecule has 1 aliphatic rings. The molecule has 3 aromatic rings. The van der Waals surface area contributed by atoms with Crippen LogP contribution in [0.25, 0.3) is 16.7 Å². The Morgan fingerprint density at radius 2 is 1.41 bits per heavy atom. The van der Waals surface area contributed by atoms with Crippen molar-refractivity contribution in [2.45, 2.75) is 58.3 Å². The molecule has 0 atom stereocenters. The van der Waals surface area contributed by atoms with Crippen LogP contribution in [-0.2, 0) is 15.6 Å². The smallest absolute Gasteiger partial charge is 0.335 e. The van der Waals surface area contributed by atoms with Crippen LogP contribution in [0, 0.1) is 6.92 Å². The second-order valence-electron chi connectivity index (χ2n) is 10.7. The van der Waals surface area contributed by atoms with Gasteiger partial charge in [-0.25, -0.2) is 4.79 Å². The zero-order valence-corrected chi connectivity index (χ0v) is 20.6. The number of carbonyl (C=O) groups excluding carboxylic acids is 1. The van der Waals surface area contributed by atoms with Crippen LogP contribution in [0.2, 0.25) is 0 Å². The highest BCUT2D eigenvalue weighted by atomic mass is 16.4. The van der Waals surface area contributed by atoms with Gasteiger partial charge in [-0.1, -0.05) is 75.7 Å². The summed E-state index contributed by atoms with van der Waals surface area (Å²) in [4.78, 5) is 23.0. The number of allylic oxidation sites excluding steroid dienone is 1. The van der Waals surface area contributed by atoms with E-state index in [1.54, 1.807) is 30.3 Å². The molecular weight excluding hydrogens is 420 g/mol. The number of aldehydes is 1. The molecule has 3 nitrogen and oxygen atoms in total. The number of hydrogen-bond acceptors (Lipinski definition) is 2. The molecule has 34 heavy (non-hydrogen) atoms. The van der Waals surface area contributed by atoms with Gasteiger partial charge in [0.05, 0.1) is 5.56 Å². The van der Waals surface area contributed by atoms with Crippen LogP contribution >= 0.6 is 0 Å². The fraction of sp³-hybridized carbons (Fsp3) is 0.290. The molecule has 0 aliphatic heterocycles. The maximum atomic E-state index is 11.7. The van der Waals surface area contributed by atoms with Gasteiger partial charge in [0, 0.05) is 0 Å². The number of carbonyl (C=O) groups is 2. The summed E-state index contributed by atoms with van der Waals surface area (Å²) in [6.07, 6.45) is 4.58. The number of rotatable bonds is 5. The van der Waals surface area contributed by atoms with Gasteiger partial charge in [-0.3, -0.25) is 4.79 Å². The minimum Gasteiger partial charge on any atom is -0.478 e. The Morgan fingerprint density at radius 3 is 2.00 bits per heavy atom. The zero-order chi connectivity index (χ0) is 24.7. The van der Waals surface area contributed by atoms with Gasteiger partial charge < -0.3 is 5.11 Å². The van der Waals surface area contributed by atoms with E-state index >= 15 is 0 Å². The Balaban J connectivity index is 2.00. The van der Waals surface area contributed by atoms with Crippen molar-refractivity contribution < 1.29 is 14.7 Å². The first-order valence-electron chi connectivity index (χ1n) is 11.8. The second kappa shape index (κ2) is 8.72. The summed E-state index contributed by atoms with van der Waals surface area (Å²) in [6, 6.07) is 19.8. The molecule has 0 amide bonds. The number of benzene rings is 3. The quantitative estimate of drug-likeness (QED) is 0.325. The van der Waals surface area contributed by atoms with Gasteiger partial charge in [0.1, 0.15) is 6.29 Å². The van der Waals surface area contributed by atoms with E-state index in [1.165, 1.54) is 27.8 Å². The average Bonchev–Trinajstić information content (AvgIpc) is 2.80. The molecule has 3 aromatic carbocycles. The van der Waals surface area contributed by atoms with E-state index in [-0.39, 0.29) is 16.4 Å². The predicted molar refractivity (Wildman–Crippen MR) is 138 cm³/mol. The molecule has 174 valence electrons. The molecule has 0 radical (unpaired) electrons. The van der Waals surface area contributed by atoms with Crippen molar-refractivity contribution in [3.8, 4) is 11.1 Å². The highest BCUT2D eigenvalue weighted by Crippen LogP contribution is 2.50. The van der Waals surface area contributed by atoms with Gasteiger partial charge in [0.25, 0.3) is 0 Å². The maximum Gasteiger partial charge on any atom is 0.335 e. The fourth-order valence-electron chi connectivity index (χ4n) is 5.13. The van der Waals surface area contributed by atoms with E-state index in [2.05, 4.69) is 71.0 Å². The second-order valence-corrected chi connectivity index (χ2v) is 10.7. The number of aryl methyl sites for hydroxylation is 1. The summed E-state index contributed by atoms with van der Waals surface area (Å²) in [7, 11) is 0. The minimum absolute atomic E-state index is 0.000234. The first-order valence-corrected chi connectivity index (χ1v) is 11.8. The van der Waals surface area contributed by atoms with Gasteiger partial charge in [0.15, 0.2) is 0 Å². The summed E-state index contributed by atoms with van der Waals surface area (Å²) < 4.78 is 0. The number of fused-ring (bicyclic) bond motifs is 1.